The Morgan fingerprint density at radius 2 is 1.95 bits per heavy atom. The first-order valence-electron chi connectivity index (χ1n) is 6.94. The van der Waals surface area contributed by atoms with Gasteiger partial charge in [-0.2, -0.15) is 0 Å². The van der Waals surface area contributed by atoms with Crippen molar-refractivity contribution in [2.45, 2.75) is 23.5 Å². The predicted octanol–water partition coefficient (Wildman–Crippen LogP) is 1.92. The van der Waals surface area contributed by atoms with Crippen LogP contribution >= 0.6 is 11.6 Å². The lowest BCUT2D eigenvalue weighted by Crippen LogP contribution is -2.48. The number of hydrogen-bond donors (Lipinski definition) is 2. The van der Waals surface area contributed by atoms with Gasteiger partial charge in [0.1, 0.15) is 0 Å². The topological polar surface area (TPSA) is 75.6 Å². The lowest BCUT2D eigenvalue weighted by molar-refractivity contribution is -0.0222. The molecule has 2 aromatic rings. The Balaban J connectivity index is 2.02. The standard InChI is InChI=1S/C15H16ClNO4S/c16-11-5-1-3-10-4-2-6-14(15(10)11)22(19,20)17-12-7-8-21-9-13(12)18/h1-6,12-13,17-18H,7-9H2/t12-,13-/m0/s1. The molecular formula is C15H16ClNO4S. The number of rotatable bonds is 3. The molecule has 1 saturated heterocycles. The molecule has 0 aromatic heterocycles. The van der Waals surface area contributed by atoms with Gasteiger partial charge >= 0.3 is 0 Å². The van der Waals surface area contributed by atoms with E-state index in [1.807, 2.05) is 12.1 Å². The van der Waals surface area contributed by atoms with Crippen LogP contribution in [0.15, 0.2) is 41.3 Å². The zero-order valence-electron chi connectivity index (χ0n) is 11.7. The minimum absolute atomic E-state index is 0.120. The maximum Gasteiger partial charge on any atom is 0.241 e. The number of aliphatic hydroxyl groups is 1. The van der Waals surface area contributed by atoms with Gasteiger partial charge in [0.25, 0.3) is 0 Å². The normalized spacial score (nSPS) is 22.8. The van der Waals surface area contributed by atoms with Crippen molar-refractivity contribution in [3.05, 3.63) is 41.4 Å². The number of hydrogen-bond acceptors (Lipinski definition) is 4. The molecule has 3 rings (SSSR count). The lowest BCUT2D eigenvalue weighted by Gasteiger charge is -2.28. The minimum Gasteiger partial charge on any atom is -0.389 e. The monoisotopic (exact) mass is 341 g/mol. The van der Waals surface area contributed by atoms with Gasteiger partial charge in [-0.25, -0.2) is 13.1 Å². The van der Waals surface area contributed by atoms with E-state index in [1.165, 1.54) is 6.07 Å². The summed E-state index contributed by atoms with van der Waals surface area (Å²) >= 11 is 6.18. The summed E-state index contributed by atoms with van der Waals surface area (Å²) in [4.78, 5) is 0.120. The van der Waals surface area contributed by atoms with Crippen LogP contribution in [0, 0.1) is 0 Å². The highest BCUT2D eigenvalue weighted by Gasteiger charge is 2.29. The highest BCUT2D eigenvalue weighted by molar-refractivity contribution is 7.89. The van der Waals surface area contributed by atoms with E-state index in [-0.39, 0.29) is 11.5 Å². The van der Waals surface area contributed by atoms with Gasteiger partial charge in [-0.15, -0.1) is 0 Å². The van der Waals surface area contributed by atoms with Crippen LogP contribution in [0.25, 0.3) is 10.8 Å². The molecule has 0 aliphatic carbocycles. The van der Waals surface area contributed by atoms with Crippen molar-refractivity contribution in [2.24, 2.45) is 0 Å². The Bertz CT molecular complexity index is 788. The average molecular weight is 342 g/mol. The Kier molecular flexibility index (Phi) is 4.38. The third-order valence-electron chi connectivity index (χ3n) is 3.74. The van der Waals surface area contributed by atoms with E-state index in [4.69, 9.17) is 16.3 Å². The number of sulfonamides is 1. The summed E-state index contributed by atoms with van der Waals surface area (Å²) in [6, 6.07) is 9.68. The van der Waals surface area contributed by atoms with E-state index in [0.29, 0.717) is 23.4 Å². The Morgan fingerprint density at radius 3 is 2.68 bits per heavy atom. The number of fused-ring (bicyclic) bond motifs is 1. The lowest BCUT2D eigenvalue weighted by atomic mass is 10.1. The molecule has 1 fully saturated rings. The first kappa shape index (κ1) is 15.7. The van der Waals surface area contributed by atoms with E-state index >= 15 is 0 Å². The number of aliphatic hydroxyl groups excluding tert-OH is 1. The number of nitrogens with one attached hydrogen (secondary N) is 1. The second-order valence-corrected chi connectivity index (χ2v) is 7.34. The van der Waals surface area contributed by atoms with Gasteiger partial charge in [0.2, 0.25) is 10.0 Å². The van der Waals surface area contributed by atoms with Crippen LogP contribution in [0.2, 0.25) is 5.02 Å². The maximum absolute atomic E-state index is 12.7. The van der Waals surface area contributed by atoms with Crippen LogP contribution in [0.3, 0.4) is 0 Å². The van der Waals surface area contributed by atoms with E-state index in [1.54, 1.807) is 18.2 Å². The molecule has 1 aliphatic heterocycles. The molecule has 0 saturated carbocycles. The summed E-state index contributed by atoms with van der Waals surface area (Å²) in [5, 5.41) is 11.5. The zero-order chi connectivity index (χ0) is 15.7. The fraction of sp³-hybridized carbons (Fsp3) is 0.333. The summed E-state index contributed by atoms with van der Waals surface area (Å²) in [6.45, 7) is 0.546. The van der Waals surface area contributed by atoms with Crippen molar-refractivity contribution in [3.63, 3.8) is 0 Å². The Hall–Kier alpha value is -1.18. The van der Waals surface area contributed by atoms with Crippen LogP contribution in [0.4, 0.5) is 0 Å². The Labute approximate surface area is 133 Å². The van der Waals surface area contributed by atoms with Gasteiger partial charge in [-0.3, -0.25) is 0 Å². The summed E-state index contributed by atoms with van der Waals surface area (Å²) in [5.41, 5.74) is 0. The minimum atomic E-state index is -3.79. The highest BCUT2D eigenvalue weighted by atomic mass is 35.5. The third kappa shape index (κ3) is 2.98. The van der Waals surface area contributed by atoms with Gasteiger partial charge in [-0.05, 0) is 23.9 Å². The number of halogens is 1. The molecule has 0 unspecified atom stereocenters. The van der Waals surface area contributed by atoms with Crippen LogP contribution in [-0.4, -0.2) is 38.9 Å². The van der Waals surface area contributed by atoms with E-state index < -0.39 is 22.2 Å². The first-order chi connectivity index (χ1) is 10.5. The molecular weight excluding hydrogens is 326 g/mol. The molecule has 2 N–H and O–H groups in total. The maximum atomic E-state index is 12.7. The molecule has 1 aliphatic rings. The molecule has 22 heavy (non-hydrogen) atoms. The summed E-state index contributed by atoms with van der Waals surface area (Å²) in [6.07, 6.45) is -0.423. The second kappa shape index (κ2) is 6.14. The van der Waals surface area contributed by atoms with E-state index in [9.17, 15) is 13.5 Å². The average Bonchev–Trinajstić information content (AvgIpc) is 2.49. The zero-order valence-corrected chi connectivity index (χ0v) is 13.3. The van der Waals surface area contributed by atoms with E-state index in [0.717, 1.165) is 5.39 Å². The van der Waals surface area contributed by atoms with Crippen molar-refractivity contribution in [1.82, 2.24) is 4.72 Å². The third-order valence-corrected chi connectivity index (χ3v) is 5.59. The molecule has 0 amide bonds. The number of benzene rings is 2. The van der Waals surface area contributed by atoms with Crippen molar-refractivity contribution in [1.29, 1.82) is 0 Å². The first-order valence-corrected chi connectivity index (χ1v) is 8.80. The molecule has 1 heterocycles. The van der Waals surface area contributed by atoms with Gasteiger partial charge in [-0.1, -0.05) is 35.9 Å². The van der Waals surface area contributed by atoms with Crippen molar-refractivity contribution < 1.29 is 18.3 Å². The van der Waals surface area contributed by atoms with Crippen LogP contribution in [0.5, 0.6) is 0 Å². The smallest absolute Gasteiger partial charge is 0.241 e. The molecule has 5 nitrogen and oxygen atoms in total. The largest absolute Gasteiger partial charge is 0.389 e. The van der Waals surface area contributed by atoms with Crippen LogP contribution < -0.4 is 4.72 Å². The molecule has 2 atom stereocenters. The van der Waals surface area contributed by atoms with Crippen molar-refractivity contribution >= 4 is 32.4 Å². The summed E-state index contributed by atoms with van der Waals surface area (Å²) in [5.74, 6) is 0. The Morgan fingerprint density at radius 1 is 1.23 bits per heavy atom. The molecule has 7 heteroatoms. The molecule has 0 bridgehead atoms. The molecule has 0 radical (unpaired) electrons. The quantitative estimate of drug-likeness (QED) is 0.894. The molecule has 2 aromatic carbocycles. The van der Waals surface area contributed by atoms with Gasteiger partial charge in [0.05, 0.1) is 23.6 Å². The van der Waals surface area contributed by atoms with Crippen LogP contribution in [0.1, 0.15) is 6.42 Å². The fourth-order valence-corrected chi connectivity index (χ4v) is 4.50. The van der Waals surface area contributed by atoms with Gasteiger partial charge < -0.3 is 9.84 Å². The van der Waals surface area contributed by atoms with Gasteiger partial charge in [0.15, 0.2) is 0 Å². The fourth-order valence-electron chi connectivity index (χ4n) is 2.61. The second-order valence-electron chi connectivity index (χ2n) is 5.25. The summed E-state index contributed by atoms with van der Waals surface area (Å²) < 4.78 is 33.1. The molecule has 118 valence electrons. The molecule has 0 spiro atoms. The van der Waals surface area contributed by atoms with Gasteiger partial charge in [0, 0.05) is 17.0 Å². The van der Waals surface area contributed by atoms with Crippen LogP contribution in [-0.2, 0) is 14.8 Å². The van der Waals surface area contributed by atoms with Crippen molar-refractivity contribution in [3.8, 4) is 0 Å². The summed E-state index contributed by atoms with van der Waals surface area (Å²) in [7, 11) is -3.79. The predicted molar refractivity (Wildman–Crippen MR) is 84.5 cm³/mol. The SMILES string of the molecule is O=S(=O)(N[C@H]1CCOC[C@@H]1O)c1cccc2cccc(Cl)c12. The van der Waals surface area contributed by atoms with E-state index in [2.05, 4.69) is 4.72 Å². The highest BCUT2D eigenvalue weighted by Crippen LogP contribution is 2.30. The van der Waals surface area contributed by atoms with Crippen molar-refractivity contribution in [2.75, 3.05) is 13.2 Å². The number of ether oxygens (including phenoxy) is 1.